The summed E-state index contributed by atoms with van der Waals surface area (Å²) in [4.78, 5) is 0. The van der Waals surface area contributed by atoms with Crippen LogP contribution >= 0.6 is 19.0 Å². The minimum absolute atomic E-state index is 0.466. The van der Waals surface area contributed by atoms with Crippen LogP contribution in [0.4, 0.5) is 0 Å². The van der Waals surface area contributed by atoms with Gasteiger partial charge in [0.15, 0.2) is 0 Å². The van der Waals surface area contributed by atoms with Crippen molar-refractivity contribution in [3.05, 3.63) is 77.3 Å². The van der Waals surface area contributed by atoms with Crippen molar-refractivity contribution in [1.29, 1.82) is 0 Å². The van der Waals surface area contributed by atoms with Gasteiger partial charge in [-0.1, -0.05) is 61.0 Å². The number of halogens is 1. The van der Waals surface area contributed by atoms with E-state index in [9.17, 15) is 4.57 Å². The van der Waals surface area contributed by atoms with E-state index in [1.165, 1.54) is 5.56 Å². The Bertz CT molecular complexity index is 674. The van der Waals surface area contributed by atoms with Gasteiger partial charge in [0.1, 0.15) is 0 Å². The number of hydrogen-bond donors (Lipinski definition) is 0. The summed E-state index contributed by atoms with van der Waals surface area (Å²) in [6, 6.07) is 17.5. The molecule has 1 aliphatic rings. The molecule has 0 N–H and O–H groups in total. The van der Waals surface area contributed by atoms with E-state index in [0.717, 1.165) is 5.30 Å². The molecule has 3 rings (SSSR count). The maximum absolute atomic E-state index is 12.2. The number of benzene rings is 2. The normalized spacial score (nSPS) is 15.4. The Balaban J connectivity index is 0.000000182. The molecule has 1 unspecified atom stereocenters. The van der Waals surface area contributed by atoms with E-state index in [0.29, 0.717) is 23.7 Å². The molecule has 0 aliphatic heterocycles. The van der Waals surface area contributed by atoms with Crippen LogP contribution in [-0.2, 0) is 9.09 Å². The maximum atomic E-state index is 12.2. The van der Waals surface area contributed by atoms with Gasteiger partial charge in [-0.3, -0.25) is 4.57 Å². The van der Waals surface area contributed by atoms with Crippen LogP contribution in [0.1, 0.15) is 25.3 Å². The molecule has 0 saturated heterocycles. The first-order valence-electron chi connectivity index (χ1n) is 7.82. The minimum Gasteiger partial charge on any atom is -0.326 e. The van der Waals surface area contributed by atoms with Gasteiger partial charge in [0.2, 0.25) is 7.37 Å². The van der Waals surface area contributed by atoms with Crippen molar-refractivity contribution in [2.45, 2.75) is 19.8 Å². The highest BCUT2D eigenvalue weighted by Crippen LogP contribution is 2.45. The monoisotopic (exact) mass is 348 g/mol. The summed E-state index contributed by atoms with van der Waals surface area (Å²) in [5, 5.41) is 1.39. The van der Waals surface area contributed by atoms with Gasteiger partial charge in [-0.15, -0.1) is 0 Å². The van der Waals surface area contributed by atoms with Crippen LogP contribution in [0.5, 0.6) is 0 Å². The van der Waals surface area contributed by atoms with Gasteiger partial charge in [-0.2, -0.15) is 0 Å². The molecule has 2 aromatic rings. The van der Waals surface area contributed by atoms with E-state index in [2.05, 4.69) is 36.4 Å². The molecule has 0 radical (unpaired) electrons. The zero-order chi connectivity index (χ0) is 16.7. The second-order valence-corrected chi connectivity index (χ2v) is 8.40. The first kappa shape index (κ1) is 18.0. The van der Waals surface area contributed by atoms with Gasteiger partial charge in [0.25, 0.3) is 0 Å². The molecular weight excluding hydrogens is 327 g/mol. The van der Waals surface area contributed by atoms with Gasteiger partial charge in [0, 0.05) is 22.4 Å². The third-order valence-electron chi connectivity index (χ3n) is 3.54. The van der Waals surface area contributed by atoms with Crippen molar-refractivity contribution in [2.24, 2.45) is 0 Å². The van der Waals surface area contributed by atoms with Crippen molar-refractivity contribution in [1.82, 2.24) is 0 Å². The first-order valence-corrected chi connectivity index (χ1v) is 10.0. The Hall–Kier alpha value is -1.34. The molecule has 23 heavy (non-hydrogen) atoms. The molecule has 0 bridgehead atoms. The Labute approximate surface area is 143 Å². The first-order chi connectivity index (χ1) is 11.1. The van der Waals surface area contributed by atoms with Crippen molar-refractivity contribution >= 4 is 24.3 Å². The van der Waals surface area contributed by atoms with Crippen LogP contribution in [-0.4, -0.2) is 12.8 Å². The highest BCUT2D eigenvalue weighted by Gasteiger charge is 2.22. The number of allylic oxidation sites excluding steroid dienone is 2. The number of rotatable bonds is 5. The summed E-state index contributed by atoms with van der Waals surface area (Å²) in [5.41, 5.74) is 1.41. The van der Waals surface area contributed by atoms with Gasteiger partial charge in [-0.25, -0.2) is 0 Å². The van der Waals surface area contributed by atoms with Crippen molar-refractivity contribution in [3.8, 4) is 0 Å². The van der Waals surface area contributed by atoms with E-state index >= 15 is 0 Å². The molecule has 2 nitrogen and oxygen atoms in total. The lowest BCUT2D eigenvalue weighted by Crippen LogP contribution is -2.08. The molecule has 0 aromatic heterocycles. The summed E-state index contributed by atoms with van der Waals surface area (Å²) < 4.78 is 17.5. The Kier molecular flexibility index (Phi) is 6.65. The van der Waals surface area contributed by atoms with Gasteiger partial charge in [-0.05, 0) is 36.8 Å². The lowest BCUT2D eigenvalue weighted by molar-refractivity contribution is 0.341. The molecule has 1 aliphatic carbocycles. The van der Waals surface area contributed by atoms with E-state index in [-0.39, 0.29) is 0 Å². The van der Waals surface area contributed by atoms with Gasteiger partial charge < -0.3 is 4.52 Å². The summed E-state index contributed by atoms with van der Waals surface area (Å²) in [5.74, 6) is 0.659. The maximum Gasteiger partial charge on any atom is 0.231 e. The fraction of sp³-hybridized carbons (Fsp3) is 0.263. The molecule has 0 heterocycles. The Morgan fingerprint density at radius 1 is 1.00 bits per heavy atom. The lowest BCUT2D eigenvalue weighted by atomic mass is 10.1. The van der Waals surface area contributed by atoms with Crippen LogP contribution in [0, 0.1) is 0 Å². The Morgan fingerprint density at radius 3 is 2.09 bits per heavy atom. The molecular formula is C19H22ClO2P. The Morgan fingerprint density at radius 2 is 1.61 bits per heavy atom. The van der Waals surface area contributed by atoms with Crippen molar-refractivity contribution < 1.29 is 9.09 Å². The minimum atomic E-state index is -2.63. The quantitative estimate of drug-likeness (QED) is 0.516. The fourth-order valence-electron chi connectivity index (χ4n) is 2.18. The van der Waals surface area contributed by atoms with Crippen LogP contribution in [0.2, 0.25) is 5.02 Å². The van der Waals surface area contributed by atoms with Gasteiger partial charge in [0.05, 0.1) is 6.61 Å². The molecule has 4 heteroatoms. The fourth-order valence-corrected chi connectivity index (χ4v) is 4.02. The predicted molar refractivity (Wildman–Crippen MR) is 99.2 cm³/mol. The zero-order valence-corrected chi connectivity index (χ0v) is 15.1. The second-order valence-electron chi connectivity index (χ2n) is 5.21. The van der Waals surface area contributed by atoms with E-state index < -0.39 is 7.37 Å². The van der Waals surface area contributed by atoms with E-state index in [1.54, 1.807) is 24.3 Å². The van der Waals surface area contributed by atoms with Crippen LogP contribution in [0.15, 0.2) is 66.7 Å². The summed E-state index contributed by atoms with van der Waals surface area (Å²) >= 11 is 5.75. The average molecular weight is 349 g/mol. The van der Waals surface area contributed by atoms with Crippen molar-refractivity contribution in [3.63, 3.8) is 0 Å². The highest BCUT2D eigenvalue weighted by molar-refractivity contribution is 7.66. The smallest absolute Gasteiger partial charge is 0.231 e. The molecule has 0 spiro atoms. The third kappa shape index (κ3) is 5.35. The van der Waals surface area contributed by atoms with Crippen LogP contribution in [0.3, 0.4) is 0 Å². The third-order valence-corrected chi connectivity index (χ3v) is 6.39. The summed E-state index contributed by atoms with van der Waals surface area (Å²) in [7, 11) is -2.63. The average Bonchev–Trinajstić information content (AvgIpc) is 3.42. The predicted octanol–water partition coefficient (Wildman–Crippen LogP) is 5.64. The largest absolute Gasteiger partial charge is 0.326 e. The molecule has 0 fully saturated rings. The lowest BCUT2D eigenvalue weighted by Gasteiger charge is -2.15. The van der Waals surface area contributed by atoms with E-state index in [1.807, 2.05) is 19.9 Å². The van der Waals surface area contributed by atoms with Crippen LogP contribution in [0.25, 0.3) is 0 Å². The van der Waals surface area contributed by atoms with Crippen LogP contribution < -0.4 is 5.30 Å². The second kappa shape index (κ2) is 8.49. The van der Waals surface area contributed by atoms with Crippen molar-refractivity contribution in [2.75, 3.05) is 12.8 Å². The SMILES string of the molecule is C1=CC1c1ccccc1.CCOP(=O)(CC)c1ccc(Cl)cc1. The summed E-state index contributed by atoms with van der Waals surface area (Å²) in [6.45, 7) is 4.18. The summed E-state index contributed by atoms with van der Waals surface area (Å²) in [6.07, 6.45) is 4.92. The molecule has 1 atom stereocenters. The number of hydrogen-bond acceptors (Lipinski definition) is 2. The standard InChI is InChI=1S/C10H14ClO2P.C9H8/c1-3-13-14(12,4-2)10-7-5-9(11)6-8-10;1-2-4-8(5-3-1)9-6-7-9/h5-8H,3-4H2,1-2H3;1-7,9H. The molecule has 122 valence electrons. The molecule has 0 amide bonds. The van der Waals surface area contributed by atoms with E-state index in [4.69, 9.17) is 16.1 Å². The molecule has 2 aromatic carbocycles. The zero-order valence-electron chi connectivity index (χ0n) is 13.5. The topological polar surface area (TPSA) is 26.3 Å². The highest BCUT2D eigenvalue weighted by atomic mass is 35.5. The molecule has 0 saturated carbocycles. The van der Waals surface area contributed by atoms with Gasteiger partial charge >= 0.3 is 0 Å².